The molecule has 47 heavy (non-hydrogen) atoms. The van der Waals surface area contributed by atoms with E-state index in [1.54, 1.807) is 0 Å². The van der Waals surface area contributed by atoms with Crippen molar-refractivity contribution in [2.45, 2.75) is 6.92 Å². The Bertz CT molecular complexity index is 2780. The normalized spacial score (nSPS) is 11.9. The van der Waals surface area contributed by atoms with E-state index in [0.29, 0.717) is 0 Å². The van der Waals surface area contributed by atoms with E-state index in [4.69, 9.17) is 0 Å². The molecule has 220 valence electrons. The second kappa shape index (κ2) is 9.94. The summed E-state index contributed by atoms with van der Waals surface area (Å²) in [6, 6.07) is 60.1. The molecule has 2 heterocycles. The molecule has 0 unspecified atom stereocenters. The summed E-state index contributed by atoms with van der Waals surface area (Å²) in [5, 5.41) is 10.2. The standard InChI is InChI=1S/C45H30N2/c1-29-18-24-43-40(26-29)45-39-28-31-10-9-15-35(38(31)27-32(39)21-25-44(45)47(43)33-11-3-2-4-12-33)30-19-22-34(23-20-30)46-41-16-7-5-13-36(41)37-14-6-8-17-42(37)46/h2-28H,1H3. The van der Waals surface area contributed by atoms with Gasteiger partial charge in [0.15, 0.2) is 0 Å². The lowest BCUT2D eigenvalue weighted by Gasteiger charge is -2.12. The summed E-state index contributed by atoms with van der Waals surface area (Å²) in [5.74, 6) is 0. The van der Waals surface area contributed by atoms with E-state index in [1.165, 1.54) is 93.2 Å². The van der Waals surface area contributed by atoms with Crippen molar-refractivity contribution in [3.8, 4) is 22.5 Å². The number of para-hydroxylation sites is 3. The maximum atomic E-state index is 2.41. The van der Waals surface area contributed by atoms with E-state index >= 15 is 0 Å². The molecular weight excluding hydrogens is 569 g/mol. The van der Waals surface area contributed by atoms with E-state index < -0.39 is 0 Å². The van der Waals surface area contributed by atoms with Crippen LogP contribution >= 0.6 is 0 Å². The Balaban J connectivity index is 1.16. The molecule has 2 aromatic heterocycles. The van der Waals surface area contributed by atoms with Crippen LogP contribution in [0.25, 0.3) is 87.7 Å². The number of hydrogen-bond donors (Lipinski definition) is 0. The Hall–Kier alpha value is -6.12. The van der Waals surface area contributed by atoms with Gasteiger partial charge < -0.3 is 9.13 Å². The fraction of sp³-hybridized carbons (Fsp3) is 0.0222. The van der Waals surface area contributed by atoms with E-state index in [2.05, 4.69) is 180 Å². The zero-order valence-corrected chi connectivity index (χ0v) is 26.0. The van der Waals surface area contributed by atoms with Crippen molar-refractivity contribution < 1.29 is 0 Å². The summed E-state index contributed by atoms with van der Waals surface area (Å²) in [6.45, 7) is 2.18. The van der Waals surface area contributed by atoms with Gasteiger partial charge in [-0.25, -0.2) is 0 Å². The van der Waals surface area contributed by atoms with Gasteiger partial charge in [-0.15, -0.1) is 0 Å². The third-order valence-electron chi connectivity index (χ3n) is 9.93. The molecule has 0 spiro atoms. The zero-order valence-electron chi connectivity index (χ0n) is 26.0. The van der Waals surface area contributed by atoms with Gasteiger partial charge in [0.25, 0.3) is 0 Å². The van der Waals surface area contributed by atoms with Crippen molar-refractivity contribution in [1.82, 2.24) is 9.13 Å². The highest BCUT2D eigenvalue weighted by Gasteiger charge is 2.17. The average molecular weight is 599 g/mol. The maximum Gasteiger partial charge on any atom is 0.0547 e. The smallest absolute Gasteiger partial charge is 0.0547 e. The SMILES string of the molecule is Cc1ccc2c(c1)c1c3cc4cccc(-c5ccc(-n6c7ccccc7c7ccccc76)cc5)c4cc3ccc1n2-c1ccccc1. The Labute approximate surface area is 272 Å². The van der Waals surface area contributed by atoms with Crippen LogP contribution in [-0.4, -0.2) is 9.13 Å². The predicted molar refractivity (Wildman–Crippen MR) is 200 cm³/mol. The summed E-state index contributed by atoms with van der Waals surface area (Å²) >= 11 is 0. The number of aryl methyl sites for hydroxylation is 1. The number of benzene rings is 8. The number of rotatable bonds is 3. The molecule has 0 aliphatic heterocycles. The van der Waals surface area contributed by atoms with Crippen LogP contribution in [0.4, 0.5) is 0 Å². The highest BCUT2D eigenvalue weighted by atomic mass is 15.0. The van der Waals surface area contributed by atoms with Crippen molar-refractivity contribution >= 4 is 65.2 Å². The van der Waals surface area contributed by atoms with Gasteiger partial charge in [0.1, 0.15) is 0 Å². The molecule has 0 saturated heterocycles. The number of aromatic nitrogens is 2. The van der Waals surface area contributed by atoms with Gasteiger partial charge in [-0.2, -0.15) is 0 Å². The summed E-state index contributed by atoms with van der Waals surface area (Å²) < 4.78 is 4.78. The Kier molecular flexibility index (Phi) is 5.53. The van der Waals surface area contributed by atoms with E-state index in [1.807, 2.05) is 0 Å². The molecule has 0 aliphatic carbocycles. The maximum absolute atomic E-state index is 2.41. The lowest BCUT2D eigenvalue weighted by Crippen LogP contribution is -1.93. The highest BCUT2D eigenvalue weighted by molar-refractivity contribution is 6.23. The van der Waals surface area contributed by atoms with Crippen LogP contribution in [0, 0.1) is 6.92 Å². The van der Waals surface area contributed by atoms with Gasteiger partial charge in [0.05, 0.1) is 22.1 Å². The quantitative estimate of drug-likeness (QED) is 0.179. The molecule has 2 heteroatoms. The van der Waals surface area contributed by atoms with Gasteiger partial charge in [-0.1, -0.05) is 103 Å². The summed E-state index contributed by atoms with van der Waals surface area (Å²) in [5.41, 5.74) is 11.0. The van der Waals surface area contributed by atoms with Crippen molar-refractivity contribution in [2.24, 2.45) is 0 Å². The Morgan fingerprint density at radius 2 is 0.957 bits per heavy atom. The number of hydrogen-bond acceptors (Lipinski definition) is 0. The van der Waals surface area contributed by atoms with Crippen LogP contribution in [0.1, 0.15) is 5.56 Å². The number of fused-ring (bicyclic) bond motifs is 9. The van der Waals surface area contributed by atoms with Crippen LogP contribution in [0.3, 0.4) is 0 Å². The molecule has 0 amide bonds. The highest BCUT2D eigenvalue weighted by Crippen LogP contribution is 2.40. The van der Waals surface area contributed by atoms with Gasteiger partial charge in [0.2, 0.25) is 0 Å². The molecule has 0 radical (unpaired) electrons. The van der Waals surface area contributed by atoms with Gasteiger partial charge in [-0.3, -0.25) is 0 Å². The molecule has 0 fully saturated rings. The molecule has 10 rings (SSSR count). The van der Waals surface area contributed by atoms with E-state index in [9.17, 15) is 0 Å². The number of nitrogens with zero attached hydrogens (tertiary/aromatic N) is 2. The fourth-order valence-electron chi connectivity index (χ4n) is 7.83. The first-order valence-corrected chi connectivity index (χ1v) is 16.3. The fourth-order valence-corrected chi connectivity index (χ4v) is 7.83. The monoisotopic (exact) mass is 598 g/mol. The van der Waals surface area contributed by atoms with Crippen molar-refractivity contribution in [2.75, 3.05) is 0 Å². The first-order valence-electron chi connectivity index (χ1n) is 16.3. The Morgan fingerprint density at radius 1 is 0.362 bits per heavy atom. The van der Waals surface area contributed by atoms with Crippen LogP contribution in [0.5, 0.6) is 0 Å². The third-order valence-corrected chi connectivity index (χ3v) is 9.93. The van der Waals surface area contributed by atoms with Gasteiger partial charge >= 0.3 is 0 Å². The van der Waals surface area contributed by atoms with Crippen LogP contribution in [0.2, 0.25) is 0 Å². The molecule has 8 aromatic carbocycles. The van der Waals surface area contributed by atoms with E-state index in [-0.39, 0.29) is 0 Å². The molecule has 10 aromatic rings. The van der Waals surface area contributed by atoms with Crippen molar-refractivity contribution in [3.05, 3.63) is 169 Å². The van der Waals surface area contributed by atoms with Gasteiger partial charge in [0, 0.05) is 32.9 Å². The third kappa shape index (κ3) is 3.85. The molecule has 0 atom stereocenters. The first-order chi connectivity index (χ1) is 23.2. The second-order valence-corrected chi connectivity index (χ2v) is 12.7. The minimum atomic E-state index is 1.17. The minimum absolute atomic E-state index is 1.17. The lowest BCUT2D eigenvalue weighted by molar-refractivity contribution is 1.18. The predicted octanol–water partition coefficient (Wildman–Crippen LogP) is 12.2. The summed E-state index contributed by atoms with van der Waals surface area (Å²) in [4.78, 5) is 0. The largest absolute Gasteiger partial charge is 0.309 e. The summed E-state index contributed by atoms with van der Waals surface area (Å²) in [7, 11) is 0. The topological polar surface area (TPSA) is 9.86 Å². The lowest BCUT2D eigenvalue weighted by atomic mass is 9.94. The van der Waals surface area contributed by atoms with Gasteiger partial charge in [-0.05, 0) is 106 Å². The van der Waals surface area contributed by atoms with E-state index in [0.717, 1.165) is 0 Å². The van der Waals surface area contributed by atoms with Crippen LogP contribution < -0.4 is 0 Å². The van der Waals surface area contributed by atoms with Crippen molar-refractivity contribution in [1.29, 1.82) is 0 Å². The summed E-state index contributed by atoms with van der Waals surface area (Å²) in [6.07, 6.45) is 0. The first kappa shape index (κ1) is 26.1. The molecule has 2 nitrogen and oxygen atoms in total. The molecule has 0 saturated carbocycles. The average Bonchev–Trinajstić information content (AvgIpc) is 3.64. The minimum Gasteiger partial charge on any atom is -0.309 e. The van der Waals surface area contributed by atoms with Crippen molar-refractivity contribution in [3.63, 3.8) is 0 Å². The zero-order chi connectivity index (χ0) is 31.1. The molecule has 0 N–H and O–H groups in total. The molecule has 0 bridgehead atoms. The Morgan fingerprint density at radius 3 is 1.72 bits per heavy atom. The molecule has 0 aliphatic rings. The van der Waals surface area contributed by atoms with Crippen LogP contribution in [-0.2, 0) is 0 Å². The van der Waals surface area contributed by atoms with Crippen LogP contribution in [0.15, 0.2) is 164 Å². The molecular formula is C45H30N2. The second-order valence-electron chi connectivity index (χ2n) is 12.7.